The molecule has 0 heterocycles. The fourth-order valence-electron chi connectivity index (χ4n) is 2.82. The van der Waals surface area contributed by atoms with Gasteiger partial charge in [-0.2, -0.15) is 13.2 Å². The van der Waals surface area contributed by atoms with Crippen LogP contribution in [0, 0.1) is 5.82 Å². The van der Waals surface area contributed by atoms with E-state index in [4.69, 9.17) is 0 Å². The lowest BCUT2D eigenvalue weighted by molar-refractivity contribution is -0.128. The van der Waals surface area contributed by atoms with Crippen LogP contribution in [0.5, 0.6) is 0 Å². The number of nitrogens with one attached hydrogen (secondary N) is 2. The van der Waals surface area contributed by atoms with Gasteiger partial charge in [-0.1, -0.05) is 18.6 Å². The molecule has 1 aliphatic rings. The Morgan fingerprint density at radius 1 is 1.18 bits per heavy atom. The molecule has 22 heavy (non-hydrogen) atoms. The van der Waals surface area contributed by atoms with E-state index in [0.717, 1.165) is 24.8 Å². The van der Waals surface area contributed by atoms with Crippen LogP contribution in [0.3, 0.4) is 0 Å². The molecule has 0 bridgehead atoms. The minimum absolute atomic E-state index is 0.0761. The monoisotopic (exact) mass is 318 g/mol. The number of benzene rings is 1. The average Bonchev–Trinajstić information content (AvgIpc) is 2.86. The van der Waals surface area contributed by atoms with Crippen molar-refractivity contribution in [2.24, 2.45) is 0 Å². The first-order valence-corrected chi connectivity index (χ1v) is 7.17. The second kappa shape index (κ2) is 7.09. The molecule has 0 spiro atoms. The van der Waals surface area contributed by atoms with E-state index < -0.39 is 18.6 Å². The summed E-state index contributed by atoms with van der Waals surface area (Å²) in [6, 6.07) is 6.00. The minimum Gasteiger partial charge on any atom is -0.352 e. The molecule has 7 heteroatoms. The fraction of sp³-hybridized carbons (Fsp3) is 0.533. The Kier molecular flexibility index (Phi) is 5.39. The Labute approximate surface area is 126 Å². The van der Waals surface area contributed by atoms with E-state index in [-0.39, 0.29) is 24.3 Å². The van der Waals surface area contributed by atoms with Gasteiger partial charge in [-0.15, -0.1) is 0 Å². The molecule has 0 aromatic heterocycles. The molecule has 0 aliphatic heterocycles. The highest BCUT2D eigenvalue weighted by molar-refractivity contribution is 5.78. The lowest BCUT2D eigenvalue weighted by Crippen LogP contribution is -2.43. The van der Waals surface area contributed by atoms with Gasteiger partial charge < -0.3 is 10.6 Å². The van der Waals surface area contributed by atoms with Crippen LogP contribution in [0.15, 0.2) is 24.3 Å². The molecular formula is C15H18F4N2O. The van der Waals surface area contributed by atoms with Gasteiger partial charge in [0.1, 0.15) is 5.82 Å². The molecule has 1 amide bonds. The van der Waals surface area contributed by atoms with Crippen molar-refractivity contribution in [1.82, 2.24) is 10.6 Å². The molecule has 2 rings (SSSR count). The molecule has 1 aromatic rings. The summed E-state index contributed by atoms with van der Waals surface area (Å²) >= 11 is 0. The third-order valence-electron chi connectivity index (χ3n) is 3.77. The topological polar surface area (TPSA) is 41.1 Å². The average molecular weight is 318 g/mol. The molecule has 1 saturated carbocycles. The summed E-state index contributed by atoms with van der Waals surface area (Å²) in [5, 5.41) is 4.84. The Hall–Kier alpha value is -1.63. The number of carbonyl (C=O) groups excluding carboxylic acids is 1. The molecule has 122 valence electrons. The first kappa shape index (κ1) is 16.7. The van der Waals surface area contributed by atoms with Gasteiger partial charge in [-0.25, -0.2) is 4.39 Å². The van der Waals surface area contributed by atoms with Crippen molar-refractivity contribution in [3.63, 3.8) is 0 Å². The molecule has 1 aromatic carbocycles. The van der Waals surface area contributed by atoms with Crippen LogP contribution in [0.25, 0.3) is 0 Å². The van der Waals surface area contributed by atoms with E-state index in [1.165, 1.54) is 12.1 Å². The van der Waals surface area contributed by atoms with Gasteiger partial charge >= 0.3 is 6.18 Å². The molecule has 0 radical (unpaired) electrons. The molecule has 2 unspecified atom stereocenters. The summed E-state index contributed by atoms with van der Waals surface area (Å²) in [6.07, 6.45) is -1.77. The van der Waals surface area contributed by atoms with Gasteiger partial charge in [-0.05, 0) is 30.5 Å². The van der Waals surface area contributed by atoms with Crippen LogP contribution in [0.4, 0.5) is 17.6 Å². The molecule has 1 aliphatic carbocycles. The van der Waals surface area contributed by atoms with Gasteiger partial charge in [-0.3, -0.25) is 4.79 Å². The smallest absolute Gasteiger partial charge is 0.352 e. The SMILES string of the molecule is O=C(CNCC(F)(F)F)NC1CCCC1c1ccc(F)cc1. The summed E-state index contributed by atoms with van der Waals surface area (Å²) < 4.78 is 49.0. The maximum absolute atomic E-state index is 12.9. The summed E-state index contributed by atoms with van der Waals surface area (Å²) in [6.45, 7) is -1.56. The second-order valence-corrected chi connectivity index (χ2v) is 5.48. The predicted octanol–water partition coefficient (Wildman–Crippen LogP) is 2.73. The maximum Gasteiger partial charge on any atom is 0.401 e. The van der Waals surface area contributed by atoms with Gasteiger partial charge in [0, 0.05) is 12.0 Å². The van der Waals surface area contributed by atoms with Crippen molar-refractivity contribution >= 4 is 5.91 Å². The number of amides is 1. The highest BCUT2D eigenvalue weighted by Gasteiger charge is 2.30. The van der Waals surface area contributed by atoms with Crippen LogP contribution < -0.4 is 10.6 Å². The molecule has 0 saturated heterocycles. The van der Waals surface area contributed by atoms with Crippen molar-refractivity contribution in [2.45, 2.75) is 37.4 Å². The fourth-order valence-corrected chi connectivity index (χ4v) is 2.82. The van der Waals surface area contributed by atoms with Crippen molar-refractivity contribution in [2.75, 3.05) is 13.1 Å². The molecule has 3 nitrogen and oxygen atoms in total. The van der Waals surface area contributed by atoms with Crippen LogP contribution in [-0.4, -0.2) is 31.2 Å². The van der Waals surface area contributed by atoms with E-state index >= 15 is 0 Å². The molecular weight excluding hydrogens is 300 g/mol. The lowest BCUT2D eigenvalue weighted by atomic mass is 9.94. The summed E-state index contributed by atoms with van der Waals surface area (Å²) in [7, 11) is 0. The van der Waals surface area contributed by atoms with Crippen molar-refractivity contribution < 1.29 is 22.4 Å². The Morgan fingerprint density at radius 3 is 2.50 bits per heavy atom. The number of hydrogen-bond donors (Lipinski definition) is 2. The largest absolute Gasteiger partial charge is 0.401 e. The number of hydrogen-bond acceptors (Lipinski definition) is 2. The first-order chi connectivity index (χ1) is 10.3. The van der Waals surface area contributed by atoms with Gasteiger partial charge in [0.25, 0.3) is 0 Å². The van der Waals surface area contributed by atoms with E-state index in [0.29, 0.717) is 0 Å². The van der Waals surface area contributed by atoms with Crippen LogP contribution in [0.1, 0.15) is 30.7 Å². The van der Waals surface area contributed by atoms with Crippen LogP contribution >= 0.6 is 0 Å². The number of alkyl halides is 3. The van der Waals surface area contributed by atoms with Gasteiger partial charge in [0.2, 0.25) is 5.91 Å². The van der Waals surface area contributed by atoms with Crippen molar-refractivity contribution in [3.05, 3.63) is 35.6 Å². The summed E-state index contributed by atoms with van der Waals surface area (Å²) in [5.41, 5.74) is 0.937. The van der Waals surface area contributed by atoms with Crippen molar-refractivity contribution in [3.8, 4) is 0 Å². The highest BCUT2D eigenvalue weighted by Crippen LogP contribution is 2.34. The Morgan fingerprint density at radius 2 is 1.86 bits per heavy atom. The standard InChI is InChI=1S/C15H18F4N2O/c16-11-6-4-10(5-7-11)12-2-1-3-13(12)21-14(22)8-20-9-15(17,18)19/h4-7,12-13,20H,1-3,8-9H2,(H,21,22). The Balaban J connectivity index is 1.86. The minimum atomic E-state index is -4.33. The van der Waals surface area contributed by atoms with E-state index in [1.54, 1.807) is 12.1 Å². The maximum atomic E-state index is 12.9. The summed E-state index contributed by atoms with van der Waals surface area (Å²) in [4.78, 5) is 11.7. The molecule has 2 N–H and O–H groups in total. The third-order valence-corrected chi connectivity index (χ3v) is 3.77. The van der Waals surface area contributed by atoms with E-state index in [9.17, 15) is 22.4 Å². The normalized spacial score (nSPS) is 21.8. The highest BCUT2D eigenvalue weighted by atomic mass is 19.4. The lowest BCUT2D eigenvalue weighted by Gasteiger charge is -2.21. The number of carbonyl (C=O) groups is 1. The molecule has 2 atom stereocenters. The predicted molar refractivity (Wildman–Crippen MR) is 73.8 cm³/mol. The van der Waals surface area contributed by atoms with Crippen LogP contribution in [0.2, 0.25) is 0 Å². The second-order valence-electron chi connectivity index (χ2n) is 5.48. The van der Waals surface area contributed by atoms with Crippen LogP contribution in [-0.2, 0) is 4.79 Å². The third kappa shape index (κ3) is 4.98. The zero-order chi connectivity index (χ0) is 16.2. The summed E-state index contributed by atoms with van der Waals surface area (Å²) in [5.74, 6) is -0.700. The van der Waals surface area contributed by atoms with E-state index in [1.807, 2.05) is 0 Å². The zero-order valence-electron chi connectivity index (χ0n) is 11.9. The Bertz CT molecular complexity index is 501. The molecule has 1 fully saturated rings. The van der Waals surface area contributed by atoms with E-state index in [2.05, 4.69) is 10.6 Å². The number of rotatable bonds is 5. The zero-order valence-corrected chi connectivity index (χ0v) is 11.9. The van der Waals surface area contributed by atoms with Gasteiger partial charge in [0.15, 0.2) is 0 Å². The first-order valence-electron chi connectivity index (χ1n) is 7.17. The van der Waals surface area contributed by atoms with Crippen molar-refractivity contribution in [1.29, 1.82) is 0 Å². The van der Waals surface area contributed by atoms with Gasteiger partial charge in [0.05, 0.1) is 13.1 Å². The quantitative estimate of drug-likeness (QED) is 0.820. The number of halogens is 4.